The third-order valence-electron chi connectivity index (χ3n) is 5.67. The molecule has 0 spiro atoms. The molecule has 1 aliphatic rings. The summed E-state index contributed by atoms with van der Waals surface area (Å²) in [6.45, 7) is 4.11. The number of unbranched alkanes of at least 4 members (excludes halogenated alkanes) is 1. The highest BCUT2D eigenvalue weighted by Crippen LogP contribution is 2.40. The predicted octanol–water partition coefficient (Wildman–Crippen LogP) is 5.68. The maximum absolute atomic E-state index is 12.4. The molecule has 3 rings (SSSR count). The summed E-state index contributed by atoms with van der Waals surface area (Å²) >= 11 is 1.62. The number of carboxylic acid groups (broad SMARTS) is 1. The second-order valence-corrected chi connectivity index (χ2v) is 8.90. The Morgan fingerprint density at radius 1 is 1.28 bits per heavy atom. The van der Waals surface area contributed by atoms with Gasteiger partial charge in [0.25, 0.3) is 0 Å². The van der Waals surface area contributed by atoms with Crippen LogP contribution in [0, 0.1) is 11.8 Å². The Kier molecular flexibility index (Phi) is 7.40. The Morgan fingerprint density at radius 2 is 2.07 bits per heavy atom. The zero-order valence-corrected chi connectivity index (χ0v) is 17.4. The van der Waals surface area contributed by atoms with Gasteiger partial charge in [-0.3, -0.25) is 9.59 Å². The Labute approximate surface area is 175 Å². The van der Waals surface area contributed by atoms with Crippen LogP contribution in [0.5, 0.6) is 0 Å². The number of carbonyl (C=O) groups excluding carboxylic acids is 1. The molecule has 3 atom stereocenters. The minimum Gasteiger partial charge on any atom is -0.481 e. The van der Waals surface area contributed by atoms with E-state index in [1.165, 1.54) is 4.70 Å². The van der Waals surface area contributed by atoms with Crippen molar-refractivity contribution >= 4 is 33.2 Å². The first-order valence-electron chi connectivity index (χ1n) is 10.2. The van der Waals surface area contributed by atoms with Crippen molar-refractivity contribution in [2.24, 2.45) is 11.8 Å². The molecule has 154 valence electrons. The van der Waals surface area contributed by atoms with E-state index in [0.29, 0.717) is 32.1 Å². The molecule has 4 nitrogen and oxygen atoms in total. The Hall–Kier alpha value is -2.24. The lowest BCUT2D eigenvalue weighted by atomic mass is 9.86. The number of aliphatic hydroxyl groups excluding tert-OH is 1. The van der Waals surface area contributed by atoms with Crippen LogP contribution in [0.1, 0.15) is 55.9 Å². The number of allylic oxidation sites excluding steroid dienone is 3. The van der Waals surface area contributed by atoms with Crippen LogP contribution >= 0.6 is 11.3 Å². The maximum atomic E-state index is 12.4. The van der Waals surface area contributed by atoms with Gasteiger partial charge in [-0.05, 0) is 55.5 Å². The third kappa shape index (κ3) is 5.64. The zero-order chi connectivity index (χ0) is 20.8. The zero-order valence-electron chi connectivity index (χ0n) is 16.5. The van der Waals surface area contributed by atoms with E-state index in [1.807, 2.05) is 24.3 Å². The number of benzene rings is 1. The average molecular weight is 413 g/mol. The lowest BCUT2D eigenvalue weighted by Gasteiger charge is -2.19. The summed E-state index contributed by atoms with van der Waals surface area (Å²) in [6.07, 6.45) is 7.39. The third-order valence-corrected chi connectivity index (χ3v) is 6.88. The van der Waals surface area contributed by atoms with Crippen molar-refractivity contribution in [3.05, 3.63) is 59.5 Å². The standard InChI is InChI=1S/C24H28O4S/c1-16-14-21(26)19(9-4-2-3-5-11-24(27)28)18(16)12-13-20(25)23-15-17-8-6-7-10-22(17)29-23/h2,4,6-8,10,15,18-20,25H,1,3,5,9,11-14H2,(H,27,28)/t18-,19+,20?/m0/s1. The Balaban J connectivity index is 1.54. The average Bonchev–Trinajstić information content (AvgIpc) is 3.23. The van der Waals surface area contributed by atoms with E-state index < -0.39 is 12.1 Å². The second-order valence-electron chi connectivity index (χ2n) is 7.79. The lowest BCUT2D eigenvalue weighted by molar-refractivity contribution is -0.137. The van der Waals surface area contributed by atoms with Gasteiger partial charge in [-0.1, -0.05) is 42.5 Å². The van der Waals surface area contributed by atoms with E-state index in [1.54, 1.807) is 11.3 Å². The molecule has 5 heteroatoms. The van der Waals surface area contributed by atoms with Crippen LogP contribution in [0.15, 0.2) is 54.6 Å². The van der Waals surface area contributed by atoms with Crippen molar-refractivity contribution in [1.82, 2.24) is 0 Å². The van der Waals surface area contributed by atoms with Crippen LogP contribution in [-0.2, 0) is 9.59 Å². The molecule has 0 radical (unpaired) electrons. The number of aliphatic carboxylic acids is 1. The monoisotopic (exact) mass is 412 g/mol. The van der Waals surface area contributed by atoms with Crippen molar-refractivity contribution in [3.63, 3.8) is 0 Å². The van der Waals surface area contributed by atoms with Crippen LogP contribution in [-0.4, -0.2) is 22.0 Å². The molecular weight excluding hydrogens is 384 g/mol. The van der Waals surface area contributed by atoms with Crippen LogP contribution in [0.25, 0.3) is 10.1 Å². The van der Waals surface area contributed by atoms with E-state index in [9.17, 15) is 14.7 Å². The normalized spacial score (nSPS) is 20.7. The number of Topliss-reactive ketones (excluding diaryl/α,β-unsaturated/α-hetero) is 1. The van der Waals surface area contributed by atoms with Gasteiger partial charge in [-0.2, -0.15) is 0 Å². The molecule has 2 aromatic rings. The topological polar surface area (TPSA) is 74.6 Å². The van der Waals surface area contributed by atoms with Gasteiger partial charge in [0.2, 0.25) is 0 Å². The summed E-state index contributed by atoms with van der Waals surface area (Å²) in [5.41, 5.74) is 0.975. The van der Waals surface area contributed by atoms with Gasteiger partial charge in [0, 0.05) is 28.3 Å². The van der Waals surface area contributed by atoms with Gasteiger partial charge < -0.3 is 10.2 Å². The molecule has 1 unspecified atom stereocenters. The van der Waals surface area contributed by atoms with E-state index in [0.717, 1.165) is 22.3 Å². The van der Waals surface area contributed by atoms with Crippen molar-refractivity contribution in [2.45, 2.75) is 51.0 Å². The largest absolute Gasteiger partial charge is 0.481 e. The second kappa shape index (κ2) is 9.99. The minimum atomic E-state index is -0.780. The fourth-order valence-electron chi connectivity index (χ4n) is 4.07. The van der Waals surface area contributed by atoms with Gasteiger partial charge >= 0.3 is 5.97 Å². The van der Waals surface area contributed by atoms with Crippen molar-refractivity contribution in [3.8, 4) is 0 Å². The number of rotatable bonds is 10. The predicted molar refractivity (Wildman–Crippen MR) is 117 cm³/mol. The highest BCUT2D eigenvalue weighted by molar-refractivity contribution is 7.19. The number of carboxylic acids is 1. The number of hydrogen-bond acceptors (Lipinski definition) is 4. The molecule has 1 aromatic heterocycles. The van der Waals surface area contributed by atoms with Gasteiger partial charge in [0.05, 0.1) is 6.10 Å². The van der Waals surface area contributed by atoms with Crippen molar-refractivity contribution in [2.75, 3.05) is 0 Å². The van der Waals surface area contributed by atoms with Gasteiger partial charge in [0.1, 0.15) is 5.78 Å². The highest BCUT2D eigenvalue weighted by Gasteiger charge is 2.36. The Morgan fingerprint density at radius 3 is 2.83 bits per heavy atom. The number of fused-ring (bicyclic) bond motifs is 1. The fourth-order valence-corrected chi connectivity index (χ4v) is 5.16. The van der Waals surface area contributed by atoms with Gasteiger partial charge in [-0.25, -0.2) is 0 Å². The molecule has 1 saturated carbocycles. The van der Waals surface area contributed by atoms with Crippen LogP contribution in [0.2, 0.25) is 0 Å². The number of aliphatic hydroxyl groups is 1. The molecule has 0 saturated heterocycles. The number of carbonyl (C=O) groups is 2. The first-order chi connectivity index (χ1) is 14.0. The Bertz CT molecular complexity index is 877. The minimum absolute atomic E-state index is 0.0761. The summed E-state index contributed by atoms with van der Waals surface area (Å²) in [7, 11) is 0. The number of thiophene rings is 1. The number of ketones is 1. The first-order valence-corrected chi connectivity index (χ1v) is 11.0. The molecule has 0 bridgehead atoms. The summed E-state index contributed by atoms with van der Waals surface area (Å²) in [4.78, 5) is 23.9. The first kappa shape index (κ1) is 21.5. The van der Waals surface area contributed by atoms with E-state index >= 15 is 0 Å². The van der Waals surface area contributed by atoms with E-state index in [-0.39, 0.29) is 24.0 Å². The smallest absolute Gasteiger partial charge is 0.303 e. The molecule has 0 aliphatic heterocycles. The summed E-state index contributed by atoms with van der Waals surface area (Å²) in [6, 6.07) is 10.2. The highest BCUT2D eigenvalue weighted by atomic mass is 32.1. The van der Waals surface area contributed by atoms with Crippen LogP contribution in [0.3, 0.4) is 0 Å². The molecule has 1 aliphatic carbocycles. The van der Waals surface area contributed by atoms with Crippen LogP contribution in [0.4, 0.5) is 0 Å². The molecular formula is C24H28O4S. The van der Waals surface area contributed by atoms with Crippen molar-refractivity contribution in [1.29, 1.82) is 0 Å². The molecule has 0 amide bonds. The molecule has 2 N–H and O–H groups in total. The lowest BCUT2D eigenvalue weighted by Crippen LogP contribution is -2.15. The van der Waals surface area contributed by atoms with Gasteiger partial charge in [-0.15, -0.1) is 11.3 Å². The maximum Gasteiger partial charge on any atom is 0.303 e. The SMILES string of the molecule is C=C1CC(=O)[C@H](CC=CCCCC(=O)O)[C@H]1CCC(O)c1cc2ccccc2s1. The summed E-state index contributed by atoms with van der Waals surface area (Å²) in [5, 5.41) is 20.5. The molecule has 1 fully saturated rings. The molecule has 29 heavy (non-hydrogen) atoms. The number of hydrogen-bond donors (Lipinski definition) is 2. The van der Waals surface area contributed by atoms with E-state index in [4.69, 9.17) is 5.11 Å². The summed E-state index contributed by atoms with van der Waals surface area (Å²) in [5.74, 6) is -0.521. The van der Waals surface area contributed by atoms with Gasteiger partial charge in [0.15, 0.2) is 0 Å². The van der Waals surface area contributed by atoms with Crippen molar-refractivity contribution < 1.29 is 19.8 Å². The van der Waals surface area contributed by atoms with Crippen LogP contribution < -0.4 is 0 Å². The quantitative estimate of drug-likeness (QED) is 0.389. The van der Waals surface area contributed by atoms with E-state index in [2.05, 4.69) is 24.8 Å². The molecule has 1 aromatic carbocycles. The fraction of sp³-hybridized carbons (Fsp3) is 0.417. The summed E-state index contributed by atoms with van der Waals surface area (Å²) < 4.78 is 1.17. The molecule has 1 heterocycles.